The Balaban J connectivity index is 1.73. The van der Waals surface area contributed by atoms with Crippen molar-refractivity contribution in [2.75, 3.05) is 13.2 Å². The number of carbonyl (C=O) groups is 2. The van der Waals surface area contributed by atoms with Crippen molar-refractivity contribution in [2.45, 2.75) is 210 Å². The number of aliphatic hydroxyl groups excluding tert-OH is 5. The van der Waals surface area contributed by atoms with Crippen LogP contribution in [0, 0.1) is 0 Å². The molecule has 0 bridgehead atoms. The highest BCUT2D eigenvalue weighted by Gasteiger charge is 2.51. The Morgan fingerprint density at radius 2 is 1.05 bits per heavy atom. The number of epoxide rings is 1. The van der Waals surface area contributed by atoms with E-state index in [1.54, 1.807) is 0 Å². The van der Waals surface area contributed by atoms with Crippen LogP contribution in [0.25, 0.3) is 0 Å². The van der Waals surface area contributed by atoms with Gasteiger partial charge >= 0.3 is 19.8 Å². The van der Waals surface area contributed by atoms with Gasteiger partial charge < -0.3 is 44.6 Å². The molecule has 1 saturated heterocycles. The molecular formula is C49H81O14P. The van der Waals surface area contributed by atoms with Crippen LogP contribution in [0.15, 0.2) is 72.9 Å². The number of hydrogen-bond acceptors (Lipinski definition) is 13. The molecule has 0 aromatic rings. The molecule has 15 heteroatoms. The molecule has 5 unspecified atom stereocenters. The molecule has 1 heterocycles. The second-order valence-corrected chi connectivity index (χ2v) is 18.0. The van der Waals surface area contributed by atoms with Gasteiger partial charge in [-0.25, -0.2) is 4.57 Å². The van der Waals surface area contributed by atoms with Gasteiger partial charge in [-0.2, -0.15) is 0 Å². The number of rotatable bonds is 37. The van der Waals surface area contributed by atoms with E-state index in [9.17, 15) is 44.6 Å². The molecule has 1 saturated carbocycles. The zero-order valence-electron chi connectivity index (χ0n) is 38.5. The summed E-state index contributed by atoms with van der Waals surface area (Å²) in [6.45, 7) is 3.16. The molecule has 1 aliphatic heterocycles. The predicted molar refractivity (Wildman–Crippen MR) is 248 cm³/mol. The molecule has 14 nitrogen and oxygen atoms in total. The average Bonchev–Trinajstić information content (AvgIpc) is 4.03. The Labute approximate surface area is 382 Å². The van der Waals surface area contributed by atoms with Crippen LogP contribution in [0.5, 0.6) is 0 Å². The van der Waals surface area contributed by atoms with Gasteiger partial charge in [0, 0.05) is 12.8 Å². The molecule has 6 N–H and O–H groups in total. The number of allylic oxidation sites excluding steroid dienone is 11. The van der Waals surface area contributed by atoms with E-state index in [0.717, 1.165) is 70.6 Å². The fraction of sp³-hybridized carbons (Fsp3) is 0.714. The van der Waals surface area contributed by atoms with Gasteiger partial charge in [0.25, 0.3) is 0 Å². The highest BCUT2D eigenvalue weighted by atomic mass is 31.2. The van der Waals surface area contributed by atoms with E-state index in [1.165, 1.54) is 38.5 Å². The summed E-state index contributed by atoms with van der Waals surface area (Å²) in [7, 11) is -5.15. The molecular weight excluding hydrogens is 843 g/mol. The minimum atomic E-state index is -5.15. The second-order valence-electron chi connectivity index (χ2n) is 16.6. The van der Waals surface area contributed by atoms with Crippen LogP contribution in [0.2, 0.25) is 0 Å². The topological polar surface area (TPSA) is 222 Å². The zero-order chi connectivity index (χ0) is 46.8. The monoisotopic (exact) mass is 925 g/mol. The van der Waals surface area contributed by atoms with Crippen molar-refractivity contribution < 1.29 is 67.8 Å². The van der Waals surface area contributed by atoms with Crippen molar-refractivity contribution in [3.8, 4) is 0 Å². The molecule has 2 rings (SSSR count). The Morgan fingerprint density at radius 1 is 0.562 bits per heavy atom. The van der Waals surface area contributed by atoms with Crippen LogP contribution in [0.3, 0.4) is 0 Å². The molecule has 0 amide bonds. The van der Waals surface area contributed by atoms with Gasteiger partial charge in [-0.05, 0) is 83.5 Å². The van der Waals surface area contributed by atoms with E-state index in [0.29, 0.717) is 31.5 Å². The minimum absolute atomic E-state index is 0.00811. The standard InChI is InChI=1S/C49H81O14P/c1-3-5-7-8-9-10-11-12-13-14-15-16-17-21-24-27-31-35-42(50)59-37-39(38-60-64(57,58)63-49-47(55)45(53)44(52)46(54)48(49)56)61-43(51)36-32-28-25-22-19-18-20-23-26-30-34-41-40(62-41)33-29-6-4-2/h9-10,12-13,15-16,18,20,22,25-26,30,39-41,44-49,52-56H,3-8,11,14,17,19,21,23-24,27-29,31-38H2,1-2H3,(H,57,58)/b10-9-,13-12-,16-15-,20-18-,25-22-,30-26-/t39-,40?,41?,44?,45-,46+,47-,48-,49?/m1/s1. The first-order valence-corrected chi connectivity index (χ1v) is 25.4. The number of carbonyl (C=O) groups excluding carboxylic acids is 2. The van der Waals surface area contributed by atoms with E-state index in [2.05, 4.69) is 74.6 Å². The van der Waals surface area contributed by atoms with E-state index in [-0.39, 0.29) is 12.8 Å². The maximum atomic E-state index is 12.8. The maximum absolute atomic E-state index is 12.8. The maximum Gasteiger partial charge on any atom is 0.472 e. The first-order chi connectivity index (χ1) is 30.9. The largest absolute Gasteiger partial charge is 0.472 e. The van der Waals surface area contributed by atoms with Crippen LogP contribution in [0.4, 0.5) is 0 Å². The quantitative estimate of drug-likeness (QED) is 0.0113. The molecule has 10 atom stereocenters. The Kier molecular flexibility index (Phi) is 31.8. The lowest BCUT2D eigenvalue weighted by atomic mass is 9.85. The fourth-order valence-corrected chi connectivity index (χ4v) is 7.94. The van der Waals surface area contributed by atoms with Gasteiger partial charge in [0.2, 0.25) is 0 Å². The summed E-state index contributed by atoms with van der Waals surface area (Å²) in [6.07, 6.45) is 32.7. The molecule has 64 heavy (non-hydrogen) atoms. The lowest BCUT2D eigenvalue weighted by molar-refractivity contribution is -0.220. The predicted octanol–water partition coefficient (Wildman–Crippen LogP) is 8.49. The van der Waals surface area contributed by atoms with Gasteiger partial charge in [0.1, 0.15) is 43.2 Å². The summed E-state index contributed by atoms with van der Waals surface area (Å²) in [5.74, 6) is -1.20. The molecule has 0 aromatic heterocycles. The zero-order valence-corrected chi connectivity index (χ0v) is 39.4. The Morgan fingerprint density at radius 3 is 1.64 bits per heavy atom. The first kappa shape index (κ1) is 57.4. The SMILES string of the molecule is CCCCC/C=C\C/C=C\C/C=C\CCCCCCC(=O)OC[C@H](COP(=O)(O)OC1[C@H](O)[C@H](O)C(O)[C@H](O)[C@H]1O)OC(=O)CCC/C=C\C/C=C\C/C=C\CC1OC1CCCCC. The van der Waals surface area contributed by atoms with E-state index in [1.807, 2.05) is 12.2 Å². The summed E-state index contributed by atoms with van der Waals surface area (Å²) >= 11 is 0. The summed E-state index contributed by atoms with van der Waals surface area (Å²) in [4.78, 5) is 35.7. The smallest absolute Gasteiger partial charge is 0.462 e. The first-order valence-electron chi connectivity index (χ1n) is 23.9. The number of aliphatic hydroxyl groups is 5. The normalized spacial score (nSPS) is 25.4. The van der Waals surface area contributed by atoms with Crippen molar-refractivity contribution >= 4 is 19.8 Å². The second kappa shape index (κ2) is 35.4. The molecule has 366 valence electrons. The molecule has 0 radical (unpaired) electrons. The third-order valence-electron chi connectivity index (χ3n) is 10.9. The van der Waals surface area contributed by atoms with Gasteiger partial charge in [0.05, 0.1) is 18.8 Å². The summed E-state index contributed by atoms with van der Waals surface area (Å²) in [6, 6.07) is 0. The molecule has 0 spiro atoms. The molecule has 0 aromatic carbocycles. The van der Waals surface area contributed by atoms with E-state index < -0.39 is 75.7 Å². The number of phosphoric acid groups is 1. The number of hydrogen-bond donors (Lipinski definition) is 6. The lowest BCUT2D eigenvalue weighted by Crippen LogP contribution is -2.64. The summed E-state index contributed by atoms with van der Waals surface area (Å²) in [5.41, 5.74) is 0. The molecule has 2 aliphatic rings. The van der Waals surface area contributed by atoms with Crippen LogP contribution in [-0.2, 0) is 37.4 Å². The van der Waals surface area contributed by atoms with Crippen LogP contribution < -0.4 is 0 Å². The van der Waals surface area contributed by atoms with Crippen LogP contribution in [0.1, 0.15) is 155 Å². The minimum Gasteiger partial charge on any atom is -0.462 e. The van der Waals surface area contributed by atoms with Gasteiger partial charge in [-0.15, -0.1) is 0 Å². The van der Waals surface area contributed by atoms with E-state index >= 15 is 0 Å². The van der Waals surface area contributed by atoms with Crippen molar-refractivity contribution in [3.63, 3.8) is 0 Å². The number of esters is 2. The van der Waals surface area contributed by atoms with Gasteiger partial charge in [0.15, 0.2) is 6.10 Å². The number of phosphoric ester groups is 1. The van der Waals surface area contributed by atoms with E-state index in [4.69, 9.17) is 23.3 Å². The Bertz CT molecular complexity index is 1460. The lowest BCUT2D eigenvalue weighted by Gasteiger charge is -2.41. The Hall–Kier alpha value is -2.75. The highest BCUT2D eigenvalue weighted by Crippen LogP contribution is 2.47. The third-order valence-corrected chi connectivity index (χ3v) is 11.9. The number of ether oxygens (including phenoxy) is 3. The average molecular weight is 925 g/mol. The van der Waals surface area contributed by atoms with Gasteiger partial charge in [-0.3, -0.25) is 18.6 Å². The van der Waals surface area contributed by atoms with Crippen molar-refractivity contribution in [1.82, 2.24) is 0 Å². The van der Waals surface area contributed by atoms with Crippen molar-refractivity contribution in [2.24, 2.45) is 0 Å². The summed E-state index contributed by atoms with van der Waals surface area (Å²) in [5, 5.41) is 50.2. The van der Waals surface area contributed by atoms with Crippen LogP contribution >= 0.6 is 7.82 Å². The summed E-state index contributed by atoms with van der Waals surface area (Å²) < 4.78 is 39.2. The van der Waals surface area contributed by atoms with Crippen molar-refractivity contribution in [3.05, 3.63) is 72.9 Å². The molecule has 2 fully saturated rings. The van der Waals surface area contributed by atoms with Crippen molar-refractivity contribution in [1.29, 1.82) is 0 Å². The third kappa shape index (κ3) is 27.0. The highest BCUT2D eigenvalue weighted by molar-refractivity contribution is 7.47. The number of unbranched alkanes of at least 4 members (excludes halogenated alkanes) is 10. The fourth-order valence-electron chi connectivity index (χ4n) is 6.97. The van der Waals surface area contributed by atoms with Gasteiger partial charge in [-0.1, -0.05) is 132 Å². The molecule has 1 aliphatic carbocycles. The van der Waals surface area contributed by atoms with Crippen LogP contribution in [-0.4, -0.2) is 111 Å².